The molecule has 0 unspecified atom stereocenters. The van der Waals surface area contributed by atoms with Crippen LogP contribution in [-0.2, 0) is 24.3 Å². The van der Waals surface area contributed by atoms with Crippen LogP contribution in [0.25, 0.3) is 0 Å². The molecule has 1 aromatic carbocycles. The van der Waals surface area contributed by atoms with Crippen molar-refractivity contribution in [3.05, 3.63) is 29.8 Å². The number of hydrogen-bond acceptors (Lipinski definition) is 5. The molecule has 6 nitrogen and oxygen atoms in total. The van der Waals surface area contributed by atoms with Gasteiger partial charge in [-0.2, -0.15) is 0 Å². The first-order valence-corrected chi connectivity index (χ1v) is 9.23. The first-order chi connectivity index (χ1) is 10.9. The lowest BCUT2D eigenvalue weighted by Gasteiger charge is -2.23. The van der Waals surface area contributed by atoms with Gasteiger partial charge in [-0.15, -0.1) is 0 Å². The molecule has 0 aromatic heterocycles. The molecule has 0 aliphatic carbocycles. The fourth-order valence-electron chi connectivity index (χ4n) is 2.26. The molecule has 1 heterocycles. The van der Waals surface area contributed by atoms with Crippen LogP contribution in [0.5, 0.6) is 0 Å². The average Bonchev–Trinajstić information content (AvgIpc) is 2.53. The Bertz CT molecular complexity index is 620. The van der Waals surface area contributed by atoms with Gasteiger partial charge < -0.3 is 9.47 Å². The highest BCUT2D eigenvalue weighted by atomic mass is 32.2. The fourth-order valence-corrected chi connectivity index (χ4v) is 3.30. The van der Waals surface area contributed by atoms with Crippen LogP contribution in [-0.4, -0.2) is 39.7 Å². The zero-order valence-corrected chi connectivity index (χ0v) is 14.3. The maximum absolute atomic E-state index is 12.2. The second-order valence-corrected chi connectivity index (χ2v) is 7.43. The summed E-state index contributed by atoms with van der Waals surface area (Å²) in [6.45, 7) is 4.39. The number of benzene rings is 1. The van der Waals surface area contributed by atoms with E-state index in [4.69, 9.17) is 9.47 Å². The molecule has 1 aliphatic heterocycles. The van der Waals surface area contributed by atoms with Gasteiger partial charge in [0.2, 0.25) is 0 Å². The van der Waals surface area contributed by atoms with E-state index in [-0.39, 0.29) is 11.0 Å². The Morgan fingerprint density at radius 2 is 2.04 bits per heavy atom. The van der Waals surface area contributed by atoms with Crippen LogP contribution < -0.4 is 4.72 Å². The van der Waals surface area contributed by atoms with Crippen molar-refractivity contribution >= 4 is 15.9 Å². The van der Waals surface area contributed by atoms with E-state index in [0.29, 0.717) is 13.2 Å². The van der Waals surface area contributed by atoms with Crippen molar-refractivity contribution in [2.24, 2.45) is 0 Å². The third kappa shape index (κ3) is 5.30. The summed E-state index contributed by atoms with van der Waals surface area (Å²) in [4.78, 5) is 12.1. The summed E-state index contributed by atoms with van der Waals surface area (Å²) in [6, 6.07) is 6.29. The smallest absolute Gasteiger partial charge is 0.264 e. The lowest BCUT2D eigenvalue weighted by molar-refractivity contribution is -0.133. The summed E-state index contributed by atoms with van der Waals surface area (Å²) in [7, 11) is -3.88. The van der Waals surface area contributed by atoms with Gasteiger partial charge in [0, 0.05) is 6.61 Å². The van der Waals surface area contributed by atoms with Crippen LogP contribution in [0.15, 0.2) is 29.2 Å². The zero-order chi connectivity index (χ0) is 16.9. The molecule has 0 bridgehead atoms. The summed E-state index contributed by atoms with van der Waals surface area (Å²) >= 11 is 0. The molecule has 128 valence electrons. The van der Waals surface area contributed by atoms with Gasteiger partial charge in [-0.05, 0) is 45.2 Å². The molecule has 1 amide bonds. The molecule has 1 aromatic rings. The predicted octanol–water partition coefficient (Wildman–Crippen LogP) is 1.77. The van der Waals surface area contributed by atoms with E-state index in [2.05, 4.69) is 0 Å². The second kappa shape index (κ2) is 7.90. The number of carbonyl (C=O) groups excluding carboxylic acids is 1. The van der Waals surface area contributed by atoms with Crippen molar-refractivity contribution in [2.45, 2.75) is 50.2 Å². The fraction of sp³-hybridized carbons (Fsp3) is 0.562. The predicted molar refractivity (Wildman–Crippen MR) is 85.5 cm³/mol. The molecule has 1 saturated heterocycles. The molecule has 1 aliphatic rings. The van der Waals surface area contributed by atoms with Crippen molar-refractivity contribution in [1.29, 1.82) is 0 Å². The minimum atomic E-state index is -3.88. The third-order valence-electron chi connectivity index (χ3n) is 3.74. The molecule has 2 rings (SSSR count). The lowest BCUT2D eigenvalue weighted by Crippen LogP contribution is -2.40. The van der Waals surface area contributed by atoms with Crippen molar-refractivity contribution in [3.63, 3.8) is 0 Å². The topological polar surface area (TPSA) is 81.7 Å². The second-order valence-electron chi connectivity index (χ2n) is 5.75. The van der Waals surface area contributed by atoms with Crippen molar-refractivity contribution in [2.75, 3.05) is 13.2 Å². The van der Waals surface area contributed by atoms with Gasteiger partial charge >= 0.3 is 0 Å². The summed E-state index contributed by atoms with van der Waals surface area (Å²) in [5.41, 5.74) is 0.944. The standard InChI is InChI=1S/C16H23NO5S/c1-12-6-8-15(9-7-12)23(19,20)17-16(18)13(2)22-11-14-5-3-4-10-21-14/h6-9,13-14H,3-5,10-11H2,1-2H3,(H,17,18)/t13-,14-/m0/s1. The number of hydrogen-bond donors (Lipinski definition) is 1. The SMILES string of the molecule is Cc1ccc(S(=O)(=O)NC(=O)[C@H](C)OC[C@@H]2CCCCO2)cc1. The largest absolute Gasteiger partial charge is 0.376 e. The van der Waals surface area contributed by atoms with Crippen LogP contribution in [0, 0.1) is 6.92 Å². The normalized spacial score (nSPS) is 20.0. The Morgan fingerprint density at radius 1 is 1.35 bits per heavy atom. The molecular formula is C16H23NO5S. The highest BCUT2D eigenvalue weighted by Crippen LogP contribution is 2.14. The van der Waals surface area contributed by atoms with E-state index >= 15 is 0 Å². The molecular weight excluding hydrogens is 318 g/mol. The van der Waals surface area contributed by atoms with Crippen LogP contribution in [0.2, 0.25) is 0 Å². The van der Waals surface area contributed by atoms with E-state index in [1.165, 1.54) is 19.1 Å². The minimum absolute atomic E-state index is 0.0206. The highest BCUT2D eigenvalue weighted by Gasteiger charge is 2.23. The highest BCUT2D eigenvalue weighted by molar-refractivity contribution is 7.90. The van der Waals surface area contributed by atoms with Gasteiger partial charge in [-0.3, -0.25) is 4.79 Å². The maximum Gasteiger partial charge on any atom is 0.264 e. The van der Waals surface area contributed by atoms with Gasteiger partial charge in [0.15, 0.2) is 0 Å². The number of nitrogens with one attached hydrogen (secondary N) is 1. The van der Waals surface area contributed by atoms with Crippen molar-refractivity contribution in [3.8, 4) is 0 Å². The van der Waals surface area contributed by atoms with Gasteiger partial charge in [0.1, 0.15) is 6.10 Å². The summed E-state index contributed by atoms with van der Waals surface area (Å²) in [6.07, 6.45) is 2.14. The molecule has 1 fully saturated rings. The zero-order valence-electron chi connectivity index (χ0n) is 13.4. The Kier molecular flexibility index (Phi) is 6.15. The van der Waals surface area contributed by atoms with E-state index in [9.17, 15) is 13.2 Å². The first kappa shape index (κ1) is 17.9. The Hall–Kier alpha value is -1.44. The van der Waals surface area contributed by atoms with Crippen LogP contribution in [0.1, 0.15) is 31.7 Å². The van der Waals surface area contributed by atoms with E-state index in [1.807, 2.05) is 11.6 Å². The first-order valence-electron chi connectivity index (χ1n) is 7.75. The molecule has 0 saturated carbocycles. The number of carbonyl (C=O) groups is 1. The van der Waals surface area contributed by atoms with Gasteiger partial charge in [0.05, 0.1) is 17.6 Å². The minimum Gasteiger partial charge on any atom is -0.376 e. The quantitative estimate of drug-likeness (QED) is 0.853. The van der Waals surface area contributed by atoms with Gasteiger partial charge in [-0.25, -0.2) is 13.1 Å². The molecule has 1 N–H and O–H groups in total. The monoisotopic (exact) mass is 341 g/mol. The van der Waals surface area contributed by atoms with Gasteiger partial charge in [-0.1, -0.05) is 17.7 Å². The van der Waals surface area contributed by atoms with E-state index in [1.54, 1.807) is 12.1 Å². The van der Waals surface area contributed by atoms with Crippen molar-refractivity contribution in [1.82, 2.24) is 4.72 Å². The Morgan fingerprint density at radius 3 is 2.65 bits per heavy atom. The van der Waals surface area contributed by atoms with Crippen LogP contribution in [0.3, 0.4) is 0 Å². The molecule has 0 spiro atoms. The summed E-state index contributed by atoms with van der Waals surface area (Å²) < 4.78 is 37.3. The molecule has 2 atom stereocenters. The average molecular weight is 341 g/mol. The summed E-state index contributed by atoms with van der Waals surface area (Å²) in [5, 5.41) is 0. The van der Waals surface area contributed by atoms with E-state index in [0.717, 1.165) is 24.8 Å². The molecule has 0 radical (unpaired) electrons. The number of amides is 1. The third-order valence-corrected chi connectivity index (χ3v) is 5.10. The van der Waals surface area contributed by atoms with Crippen LogP contribution in [0.4, 0.5) is 0 Å². The van der Waals surface area contributed by atoms with Crippen LogP contribution >= 0.6 is 0 Å². The number of sulfonamides is 1. The molecule has 7 heteroatoms. The number of ether oxygens (including phenoxy) is 2. The van der Waals surface area contributed by atoms with E-state index < -0.39 is 22.0 Å². The maximum atomic E-state index is 12.2. The Balaban J connectivity index is 1.87. The van der Waals surface area contributed by atoms with Crippen molar-refractivity contribution < 1.29 is 22.7 Å². The number of rotatable bonds is 6. The number of aryl methyl sites for hydroxylation is 1. The molecule has 23 heavy (non-hydrogen) atoms. The summed E-state index contributed by atoms with van der Waals surface area (Å²) in [5.74, 6) is -0.679. The van der Waals surface area contributed by atoms with Gasteiger partial charge in [0.25, 0.3) is 15.9 Å². The Labute approximate surface area is 137 Å². The lowest BCUT2D eigenvalue weighted by atomic mass is 10.1.